The summed E-state index contributed by atoms with van der Waals surface area (Å²) < 4.78 is 4.97. The third kappa shape index (κ3) is 6.72. The van der Waals surface area contributed by atoms with Gasteiger partial charge in [0.1, 0.15) is 10.3 Å². The van der Waals surface area contributed by atoms with Crippen molar-refractivity contribution in [3.8, 4) is 0 Å². The molecule has 1 aromatic carbocycles. The normalized spacial score (nSPS) is 11.6. The van der Waals surface area contributed by atoms with E-state index in [1.54, 1.807) is 0 Å². The maximum atomic E-state index is 11.9. The third-order valence-corrected chi connectivity index (χ3v) is 3.84. The molecule has 0 fully saturated rings. The number of ether oxygens (including phenoxy) is 1. The van der Waals surface area contributed by atoms with E-state index in [0.29, 0.717) is 0 Å². The molecule has 0 aliphatic carbocycles. The van der Waals surface area contributed by atoms with Gasteiger partial charge in [-0.1, -0.05) is 53.5 Å². The van der Waals surface area contributed by atoms with Gasteiger partial charge >= 0.3 is 5.97 Å². The Morgan fingerprint density at radius 2 is 1.80 bits per heavy atom. The van der Waals surface area contributed by atoms with Gasteiger partial charge < -0.3 is 10.1 Å². The minimum atomic E-state index is -0.682. The summed E-state index contributed by atoms with van der Waals surface area (Å²) in [7, 11) is 0. The number of halogens is 2. The molecule has 0 aliphatic heterocycles. The molecular formula is C18H18Cl2N2O3. The fraction of sp³-hybridized carbons (Fsp3) is 0.278. The number of benzene rings is 1. The minimum Gasteiger partial charge on any atom is -0.452 e. The SMILES string of the molecule is C[C@@H](CCc1ccccc1)NC(=O)COC(=O)c1cc(Cl)nc(Cl)c1. The van der Waals surface area contributed by atoms with E-state index in [9.17, 15) is 9.59 Å². The molecule has 1 N–H and O–H groups in total. The standard InChI is InChI=1S/C18H18Cl2N2O3/c1-12(7-8-13-5-3-2-4-6-13)21-17(23)11-25-18(24)14-9-15(19)22-16(20)10-14/h2-6,9-10,12H,7-8,11H2,1H3,(H,21,23)/t12-/m0/s1. The fourth-order valence-electron chi connectivity index (χ4n) is 2.21. The van der Waals surface area contributed by atoms with Gasteiger partial charge in [0.05, 0.1) is 5.56 Å². The molecule has 0 saturated carbocycles. The first kappa shape index (κ1) is 19.2. The van der Waals surface area contributed by atoms with Crippen LogP contribution in [0.4, 0.5) is 0 Å². The summed E-state index contributed by atoms with van der Waals surface area (Å²) in [4.78, 5) is 27.5. The first-order valence-corrected chi connectivity index (χ1v) is 8.53. The van der Waals surface area contributed by atoms with Crippen LogP contribution in [-0.4, -0.2) is 29.5 Å². The zero-order valence-electron chi connectivity index (χ0n) is 13.7. The summed E-state index contributed by atoms with van der Waals surface area (Å²) in [5.41, 5.74) is 1.36. The van der Waals surface area contributed by atoms with Gasteiger partial charge in [-0.05, 0) is 37.5 Å². The topological polar surface area (TPSA) is 68.3 Å². The molecule has 1 aromatic heterocycles. The van der Waals surface area contributed by atoms with Crippen LogP contribution >= 0.6 is 23.2 Å². The van der Waals surface area contributed by atoms with E-state index >= 15 is 0 Å². The number of aromatic nitrogens is 1. The number of hydrogen-bond donors (Lipinski definition) is 1. The molecule has 0 saturated heterocycles. The summed E-state index contributed by atoms with van der Waals surface area (Å²) in [5, 5.41) is 2.96. The van der Waals surface area contributed by atoms with Crippen LogP contribution in [0.3, 0.4) is 0 Å². The van der Waals surface area contributed by atoms with Crippen molar-refractivity contribution in [1.82, 2.24) is 10.3 Å². The Kier molecular flexibility index (Phi) is 7.22. The van der Waals surface area contributed by atoms with Gasteiger partial charge in [0.15, 0.2) is 6.61 Å². The highest BCUT2D eigenvalue weighted by Gasteiger charge is 2.14. The number of nitrogens with one attached hydrogen (secondary N) is 1. The third-order valence-electron chi connectivity index (χ3n) is 3.45. The molecular weight excluding hydrogens is 363 g/mol. The number of amides is 1. The maximum absolute atomic E-state index is 11.9. The van der Waals surface area contributed by atoms with Gasteiger partial charge in [0.25, 0.3) is 5.91 Å². The minimum absolute atomic E-state index is 0.0313. The number of carbonyl (C=O) groups is 2. The summed E-state index contributed by atoms with van der Waals surface area (Å²) in [6, 6.07) is 12.6. The molecule has 1 amide bonds. The van der Waals surface area contributed by atoms with Crippen LogP contribution in [0.25, 0.3) is 0 Å². The van der Waals surface area contributed by atoms with E-state index in [0.717, 1.165) is 12.8 Å². The lowest BCUT2D eigenvalue weighted by Crippen LogP contribution is -2.36. The number of carbonyl (C=O) groups excluding carboxylic acids is 2. The molecule has 2 aromatic rings. The molecule has 0 unspecified atom stereocenters. The highest BCUT2D eigenvalue weighted by molar-refractivity contribution is 6.32. The average Bonchev–Trinajstić information content (AvgIpc) is 2.58. The lowest BCUT2D eigenvalue weighted by molar-refractivity contribution is -0.124. The Bertz CT molecular complexity index is 718. The van der Waals surface area contributed by atoms with Crippen LogP contribution < -0.4 is 5.32 Å². The fourth-order valence-corrected chi connectivity index (χ4v) is 2.67. The molecule has 5 nitrogen and oxygen atoms in total. The van der Waals surface area contributed by atoms with Crippen LogP contribution in [0.5, 0.6) is 0 Å². The Balaban J connectivity index is 1.75. The molecule has 2 rings (SSSR count). The second-order valence-corrected chi connectivity index (χ2v) is 6.34. The summed E-state index contributed by atoms with van der Waals surface area (Å²) in [6.07, 6.45) is 1.65. The maximum Gasteiger partial charge on any atom is 0.338 e. The average molecular weight is 381 g/mol. The number of hydrogen-bond acceptors (Lipinski definition) is 4. The van der Waals surface area contributed by atoms with Crippen LogP contribution in [-0.2, 0) is 16.0 Å². The summed E-state index contributed by atoms with van der Waals surface area (Å²) in [6.45, 7) is 1.54. The number of pyridine rings is 1. The molecule has 0 spiro atoms. The summed E-state index contributed by atoms with van der Waals surface area (Å²) in [5.74, 6) is -1.04. The lowest BCUT2D eigenvalue weighted by Gasteiger charge is -2.14. The number of rotatable bonds is 7. The number of nitrogens with zero attached hydrogens (tertiary/aromatic N) is 1. The lowest BCUT2D eigenvalue weighted by atomic mass is 10.1. The van der Waals surface area contributed by atoms with Gasteiger partial charge in [-0.15, -0.1) is 0 Å². The second kappa shape index (κ2) is 9.39. The second-order valence-electron chi connectivity index (χ2n) is 5.57. The van der Waals surface area contributed by atoms with Crippen LogP contribution in [0, 0.1) is 0 Å². The van der Waals surface area contributed by atoms with Crippen molar-refractivity contribution in [2.45, 2.75) is 25.8 Å². The van der Waals surface area contributed by atoms with Gasteiger partial charge in [0.2, 0.25) is 0 Å². The van der Waals surface area contributed by atoms with Crippen molar-refractivity contribution in [2.75, 3.05) is 6.61 Å². The van der Waals surface area contributed by atoms with E-state index in [4.69, 9.17) is 27.9 Å². The predicted molar refractivity (Wildman–Crippen MR) is 96.9 cm³/mol. The van der Waals surface area contributed by atoms with E-state index < -0.39 is 5.97 Å². The van der Waals surface area contributed by atoms with Crippen molar-refractivity contribution in [2.24, 2.45) is 0 Å². The van der Waals surface area contributed by atoms with E-state index in [-0.39, 0.29) is 34.4 Å². The van der Waals surface area contributed by atoms with Crippen LogP contribution in [0.15, 0.2) is 42.5 Å². The van der Waals surface area contributed by atoms with Crippen LogP contribution in [0.1, 0.15) is 29.3 Å². The number of esters is 1. The largest absolute Gasteiger partial charge is 0.452 e. The molecule has 1 heterocycles. The van der Waals surface area contributed by atoms with Crippen molar-refractivity contribution in [3.05, 3.63) is 63.9 Å². The van der Waals surface area contributed by atoms with E-state index in [1.165, 1.54) is 17.7 Å². The smallest absolute Gasteiger partial charge is 0.338 e. The molecule has 0 radical (unpaired) electrons. The van der Waals surface area contributed by atoms with Gasteiger partial charge in [0, 0.05) is 6.04 Å². The first-order chi connectivity index (χ1) is 11.9. The number of aryl methyl sites for hydroxylation is 1. The zero-order chi connectivity index (χ0) is 18.2. The van der Waals surface area contributed by atoms with Crippen LogP contribution in [0.2, 0.25) is 10.3 Å². The Morgan fingerprint density at radius 1 is 1.16 bits per heavy atom. The molecule has 7 heteroatoms. The van der Waals surface area contributed by atoms with E-state index in [1.807, 2.05) is 37.3 Å². The highest BCUT2D eigenvalue weighted by Crippen LogP contribution is 2.15. The van der Waals surface area contributed by atoms with Gasteiger partial charge in [-0.25, -0.2) is 9.78 Å². The van der Waals surface area contributed by atoms with Gasteiger partial charge in [-0.3, -0.25) is 4.79 Å². The Labute approximate surface area is 156 Å². The van der Waals surface area contributed by atoms with Crippen molar-refractivity contribution < 1.29 is 14.3 Å². The quantitative estimate of drug-likeness (QED) is 0.587. The molecule has 25 heavy (non-hydrogen) atoms. The van der Waals surface area contributed by atoms with Crippen molar-refractivity contribution in [1.29, 1.82) is 0 Å². The molecule has 0 bridgehead atoms. The molecule has 0 aliphatic rings. The first-order valence-electron chi connectivity index (χ1n) is 7.77. The molecule has 1 atom stereocenters. The van der Waals surface area contributed by atoms with Crippen molar-refractivity contribution >= 4 is 35.1 Å². The summed E-state index contributed by atoms with van der Waals surface area (Å²) >= 11 is 11.5. The highest BCUT2D eigenvalue weighted by atomic mass is 35.5. The molecule has 132 valence electrons. The Hall–Kier alpha value is -2.11. The van der Waals surface area contributed by atoms with E-state index in [2.05, 4.69) is 10.3 Å². The monoisotopic (exact) mass is 380 g/mol. The predicted octanol–water partition coefficient (Wildman–Crippen LogP) is 3.68. The van der Waals surface area contributed by atoms with Gasteiger partial charge in [-0.2, -0.15) is 0 Å². The Morgan fingerprint density at radius 3 is 2.44 bits per heavy atom. The van der Waals surface area contributed by atoms with Crippen molar-refractivity contribution in [3.63, 3.8) is 0 Å². The zero-order valence-corrected chi connectivity index (χ0v) is 15.2.